The van der Waals surface area contributed by atoms with Gasteiger partial charge in [-0.15, -0.1) is 0 Å². The summed E-state index contributed by atoms with van der Waals surface area (Å²) < 4.78 is 0. The van der Waals surface area contributed by atoms with Crippen molar-refractivity contribution in [3.05, 3.63) is 106 Å². The topological polar surface area (TPSA) is 183 Å². The van der Waals surface area contributed by atoms with Crippen molar-refractivity contribution < 1.29 is 29.4 Å². The molecule has 6 N–H and O–H groups in total. The van der Waals surface area contributed by atoms with Crippen LogP contribution in [0.4, 0.5) is 11.4 Å². The predicted octanol–water partition coefficient (Wildman–Crippen LogP) is 5.37. The summed E-state index contributed by atoms with van der Waals surface area (Å²) in [6, 6.07) is 15.0. The third kappa shape index (κ3) is 8.21. The summed E-state index contributed by atoms with van der Waals surface area (Å²) in [7, 11) is 0. The molecule has 2 heterocycles. The minimum Gasteiger partial charge on any atom is -0.480 e. The van der Waals surface area contributed by atoms with Gasteiger partial charge in [-0.25, -0.2) is 0 Å². The highest BCUT2D eigenvalue weighted by Crippen LogP contribution is 2.43. The summed E-state index contributed by atoms with van der Waals surface area (Å²) >= 11 is 0. The van der Waals surface area contributed by atoms with Crippen molar-refractivity contribution >= 4 is 35.1 Å². The Labute approximate surface area is 289 Å². The Morgan fingerprint density at radius 2 is 1.06 bits per heavy atom. The van der Waals surface area contributed by atoms with Gasteiger partial charge in [0.15, 0.2) is 0 Å². The Morgan fingerprint density at radius 3 is 1.42 bits per heavy atom. The molecule has 12 heteroatoms. The van der Waals surface area contributed by atoms with Gasteiger partial charge in [-0.3, -0.25) is 29.1 Å². The van der Waals surface area contributed by atoms with Crippen LogP contribution >= 0.6 is 0 Å². The van der Waals surface area contributed by atoms with E-state index in [9.17, 15) is 19.2 Å². The van der Waals surface area contributed by atoms with Crippen molar-refractivity contribution in [1.29, 1.82) is 0 Å². The van der Waals surface area contributed by atoms with E-state index in [0.29, 0.717) is 47.7 Å². The fourth-order valence-corrected chi connectivity index (χ4v) is 6.20. The molecule has 0 spiro atoms. The number of carboxylic acids is 2. The summed E-state index contributed by atoms with van der Waals surface area (Å²) in [6.07, 6.45) is 7.40. The number of amides is 2. The van der Waals surface area contributed by atoms with Crippen LogP contribution in [0.25, 0.3) is 11.1 Å². The minimum absolute atomic E-state index is 0.153. The van der Waals surface area contributed by atoms with Gasteiger partial charge in [0.25, 0.3) is 11.8 Å². The molecule has 0 saturated heterocycles. The largest absolute Gasteiger partial charge is 0.480 e. The third-order valence-electron chi connectivity index (χ3n) is 9.18. The standard InChI is InChI=1S/C38H40N6O6/c1-21-27(5-3-7-31(21)43-37(49)33-13-29(23-9-10-23)25(17-41-33)15-39-19-35(45)46)28-6-4-8-32(22(28)2)44-38(50)34-14-30(24-11-12-24)26(18-42-34)16-40-20-36(47)48/h3-8,13-14,17-18,23-24,39-40H,9-12,15-16,19-20H2,1-2H3,(H,43,49)(H,44,50)(H,45,46)(H,47,48). The van der Waals surface area contributed by atoms with Crippen LogP contribution in [0.5, 0.6) is 0 Å². The fraction of sp³-hybridized carbons (Fsp3) is 0.316. The number of carboxylic acid groups (broad SMARTS) is 2. The number of benzene rings is 2. The lowest BCUT2D eigenvalue weighted by molar-refractivity contribution is -0.137. The van der Waals surface area contributed by atoms with Gasteiger partial charge in [0.1, 0.15) is 11.4 Å². The van der Waals surface area contributed by atoms with Crippen molar-refractivity contribution in [2.75, 3.05) is 23.7 Å². The lowest BCUT2D eigenvalue weighted by Gasteiger charge is -2.17. The first kappa shape index (κ1) is 34.4. The molecule has 2 aliphatic rings. The Kier molecular flexibility index (Phi) is 10.3. The quantitative estimate of drug-likeness (QED) is 0.0958. The van der Waals surface area contributed by atoms with E-state index < -0.39 is 11.9 Å². The summed E-state index contributed by atoms with van der Waals surface area (Å²) in [6.45, 7) is 4.30. The van der Waals surface area contributed by atoms with Crippen LogP contribution in [-0.2, 0) is 22.7 Å². The van der Waals surface area contributed by atoms with E-state index in [1.807, 2.05) is 62.4 Å². The molecular formula is C38H40N6O6. The maximum Gasteiger partial charge on any atom is 0.317 e. The summed E-state index contributed by atoms with van der Waals surface area (Å²) in [5, 5.41) is 29.8. The van der Waals surface area contributed by atoms with Gasteiger partial charge in [-0.1, -0.05) is 24.3 Å². The number of hydrogen-bond acceptors (Lipinski definition) is 8. The molecular weight excluding hydrogens is 636 g/mol. The van der Waals surface area contributed by atoms with Crippen LogP contribution in [-0.4, -0.2) is 57.0 Å². The molecule has 258 valence electrons. The molecule has 2 aromatic heterocycles. The Morgan fingerprint density at radius 1 is 0.660 bits per heavy atom. The number of nitrogens with one attached hydrogen (secondary N) is 4. The average Bonchev–Trinajstić information content (AvgIpc) is 4.01. The van der Waals surface area contributed by atoms with Crippen LogP contribution in [0.15, 0.2) is 60.9 Å². The first-order chi connectivity index (χ1) is 24.1. The zero-order valence-electron chi connectivity index (χ0n) is 28.0. The SMILES string of the molecule is Cc1c(NC(=O)c2cc(C3CC3)c(CNCC(=O)O)cn2)cccc1-c1cccc(NC(=O)c2cc(C3CC3)c(CNCC(=O)O)cn2)c1C. The van der Waals surface area contributed by atoms with Crippen LogP contribution in [0.3, 0.4) is 0 Å². The van der Waals surface area contributed by atoms with Crippen molar-refractivity contribution in [2.24, 2.45) is 0 Å². The van der Waals surface area contributed by atoms with Crippen molar-refractivity contribution in [3.8, 4) is 11.1 Å². The van der Waals surface area contributed by atoms with Gasteiger partial charge in [-0.2, -0.15) is 0 Å². The van der Waals surface area contributed by atoms with Crippen LogP contribution in [0.2, 0.25) is 0 Å². The van der Waals surface area contributed by atoms with Crippen LogP contribution < -0.4 is 21.3 Å². The monoisotopic (exact) mass is 676 g/mol. The second kappa shape index (κ2) is 15.0. The zero-order valence-corrected chi connectivity index (χ0v) is 28.0. The van der Waals surface area contributed by atoms with E-state index in [1.165, 1.54) is 0 Å². The number of pyridine rings is 2. The first-order valence-electron chi connectivity index (χ1n) is 16.7. The molecule has 2 aromatic carbocycles. The van der Waals surface area contributed by atoms with E-state index >= 15 is 0 Å². The molecule has 50 heavy (non-hydrogen) atoms. The predicted molar refractivity (Wildman–Crippen MR) is 188 cm³/mol. The summed E-state index contributed by atoms with van der Waals surface area (Å²) in [5.41, 5.74) is 9.20. The molecule has 6 rings (SSSR count). The number of carbonyl (C=O) groups is 4. The molecule has 4 aromatic rings. The highest BCUT2D eigenvalue weighted by Gasteiger charge is 2.29. The molecule has 0 atom stereocenters. The van der Waals surface area contributed by atoms with Crippen LogP contribution in [0.1, 0.15) is 91.9 Å². The van der Waals surface area contributed by atoms with Crippen molar-refractivity contribution in [3.63, 3.8) is 0 Å². The number of hydrogen-bond donors (Lipinski definition) is 6. The van der Waals surface area contributed by atoms with Gasteiger partial charge in [0, 0.05) is 36.9 Å². The van der Waals surface area contributed by atoms with E-state index in [1.54, 1.807) is 12.4 Å². The highest BCUT2D eigenvalue weighted by molar-refractivity contribution is 6.05. The van der Waals surface area contributed by atoms with Gasteiger partial charge in [0.05, 0.1) is 13.1 Å². The van der Waals surface area contributed by atoms with Gasteiger partial charge >= 0.3 is 11.9 Å². The van der Waals surface area contributed by atoms with E-state index in [0.717, 1.165) is 70.2 Å². The average molecular weight is 677 g/mol. The number of anilines is 2. The Balaban J connectivity index is 1.18. The minimum atomic E-state index is -0.932. The highest BCUT2D eigenvalue weighted by atomic mass is 16.4. The first-order valence-corrected chi connectivity index (χ1v) is 16.7. The van der Waals surface area contributed by atoms with E-state index in [2.05, 4.69) is 31.2 Å². The molecule has 0 aliphatic heterocycles. The van der Waals surface area contributed by atoms with E-state index in [4.69, 9.17) is 10.2 Å². The summed E-state index contributed by atoms with van der Waals surface area (Å²) in [5.74, 6) is -1.85. The van der Waals surface area contributed by atoms with Crippen molar-refractivity contribution in [2.45, 2.75) is 64.5 Å². The number of aliphatic carboxylic acids is 2. The second-order valence-electron chi connectivity index (χ2n) is 12.9. The Bertz CT molecular complexity index is 1830. The van der Waals surface area contributed by atoms with Crippen LogP contribution in [0, 0.1) is 13.8 Å². The number of carbonyl (C=O) groups excluding carboxylic acids is 2. The second-order valence-corrected chi connectivity index (χ2v) is 12.9. The van der Waals surface area contributed by atoms with Gasteiger partial charge in [0.2, 0.25) is 0 Å². The van der Waals surface area contributed by atoms with Gasteiger partial charge < -0.3 is 31.5 Å². The van der Waals surface area contributed by atoms with E-state index in [-0.39, 0.29) is 24.9 Å². The smallest absolute Gasteiger partial charge is 0.317 e. The fourth-order valence-electron chi connectivity index (χ4n) is 6.20. The zero-order chi connectivity index (χ0) is 35.4. The molecule has 0 bridgehead atoms. The van der Waals surface area contributed by atoms with Gasteiger partial charge in [-0.05, 0) is 120 Å². The molecule has 0 radical (unpaired) electrons. The maximum atomic E-state index is 13.4. The lowest BCUT2D eigenvalue weighted by Crippen LogP contribution is -2.23. The maximum absolute atomic E-state index is 13.4. The number of aromatic nitrogens is 2. The van der Waals surface area contributed by atoms with Crippen molar-refractivity contribution in [1.82, 2.24) is 20.6 Å². The summed E-state index contributed by atoms with van der Waals surface area (Å²) in [4.78, 5) is 57.5. The normalized spacial score (nSPS) is 13.9. The number of rotatable bonds is 15. The third-order valence-corrected chi connectivity index (χ3v) is 9.18. The molecule has 2 fully saturated rings. The number of nitrogens with zero attached hydrogens (tertiary/aromatic N) is 2. The molecule has 12 nitrogen and oxygen atoms in total. The molecule has 2 saturated carbocycles. The molecule has 2 aliphatic carbocycles. The lowest BCUT2D eigenvalue weighted by atomic mass is 9.94. The Hall–Kier alpha value is -5.46. The molecule has 2 amide bonds. The molecule has 0 unspecified atom stereocenters.